The number of hydrogen-bond donors (Lipinski definition) is 1. The Bertz CT molecular complexity index is 398. The minimum Gasteiger partial charge on any atom is -0.314 e. The fraction of sp³-hybridized carbons (Fsp3) is 0.625. The van der Waals surface area contributed by atoms with Crippen molar-refractivity contribution in [1.29, 1.82) is 0 Å². The minimum absolute atomic E-state index is 0.174. The molecule has 2 rings (SSSR count). The molecule has 118 valence electrons. The van der Waals surface area contributed by atoms with E-state index in [1.54, 1.807) is 0 Å². The Morgan fingerprint density at radius 1 is 1.10 bits per heavy atom. The van der Waals surface area contributed by atoms with Gasteiger partial charge >= 0.3 is 6.18 Å². The SMILES string of the molecule is FC(F)(F)CCCNC1CCN(Cc2ccccc2)CC1. The number of alkyl halides is 3. The smallest absolute Gasteiger partial charge is 0.314 e. The number of rotatable bonds is 6. The summed E-state index contributed by atoms with van der Waals surface area (Å²) in [5.41, 5.74) is 1.31. The van der Waals surface area contributed by atoms with Gasteiger partial charge in [-0.25, -0.2) is 0 Å². The van der Waals surface area contributed by atoms with E-state index in [1.807, 2.05) is 18.2 Å². The zero-order valence-corrected chi connectivity index (χ0v) is 12.2. The third-order valence-electron chi connectivity index (χ3n) is 3.91. The van der Waals surface area contributed by atoms with Crippen molar-refractivity contribution in [1.82, 2.24) is 10.2 Å². The lowest BCUT2D eigenvalue weighted by Gasteiger charge is -2.32. The summed E-state index contributed by atoms with van der Waals surface area (Å²) >= 11 is 0. The molecule has 1 fully saturated rings. The fourth-order valence-electron chi connectivity index (χ4n) is 2.73. The molecule has 5 heteroatoms. The standard InChI is InChI=1S/C16H23F3N2/c17-16(18,19)9-4-10-20-15-7-11-21(12-8-15)13-14-5-2-1-3-6-14/h1-3,5-6,15,20H,4,7-13H2. The van der Waals surface area contributed by atoms with E-state index >= 15 is 0 Å². The third kappa shape index (κ3) is 6.48. The van der Waals surface area contributed by atoms with Crippen LogP contribution in [0.5, 0.6) is 0 Å². The molecule has 0 bridgehead atoms. The summed E-state index contributed by atoms with van der Waals surface area (Å²) in [6, 6.07) is 10.7. The molecule has 2 nitrogen and oxygen atoms in total. The molecule has 0 spiro atoms. The first-order valence-electron chi connectivity index (χ1n) is 7.59. The van der Waals surface area contributed by atoms with Crippen LogP contribution in [0.4, 0.5) is 13.2 Å². The summed E-state index contributed by atoms with van der Waals surface area (Å²) in [5.74, 6) is 0. The maximum absolute atomic E-state index is 12.0. The van der Waals surface area contributed by atoms with Gasteiger partial charge in [-0.15, -0.1) is 0 Å². The van der Waals surface area contributed by atoms with Crippen LogP contribution in [-0.2, 0) is 6.54 Å². The number of nitrogens with zero attached hydrogens (tertiary/aromatic N) is 1. The van der Waals surface area contributed by atoms with E-state index in [9.17, 15) is 13.2 Å². The number of hydrogen-bond acceptors (Lipinski definition) is 2. The molecule has 0 saturated carbocycles. The monoisotopic (exact) mass is 300 g/mol. The second-order valence-electron chi connectivity index (χ2n) is 5.71. The highest BCUT2D eigenvalue weighted by molar-refractivity contribution is 5.14. The Kier molecular flexibility index (Phi) is 6.06. The average molecular weight is 300 g/mol. The van der Waals surface area contributed by atoms with Crippen LogP contribution >= 0.6 is 0 Å². The van der Waals surface area contributed by atoms with Crippen LogP contribution < -0.4 is 5.32 Å². The van der Waals surface area contributed by atoms with Crippen LogP contribution in [0.25, 0.3) is 0 Å². The zero-order chi connectivity index (χ0) is 15.1. The molecule has 0 radical (unpaired) electrons. The van der Waals surface area contributed by atoms with Crippen LogP contribution in [0.15, 0.2) is 30.3 Å². The number of halogens is 3. The Balaban J connectivity index is 1.60. The third-order valence-corrected chi connectivity index (χ3v) is 3.91. The van der Waals surface area contributed by atoms with Crippen molar-refractivity contribution in [2.24, 2.45) is 0 Å². The van der Waals surface area contributed by atoms with E-state index in [0.29, 0.717) is 12.6 Å². The van der Waals surface area contributed by atoms with Crippen molar-refractivity contribution in [2.75, 3.05) is 19.6 Å². The lowest BCUT2D eigenvalue weighted by atomic mass is 10.0. The van der Waals surface area contributed by atoms with Gasteiger partial charge in [0.05, 0.1) is 0 Å². The minimum atomic E-state index is -4.03. The molecule has 1 N–H and O–H groups in total. The van der Waals surface area contributed by atoms with Gasteiger partial charge in [0, 0.05) is 19.0 Å². The lowest BCUT2D eigenvalue weighted by Crippen LogP contribution is -2.42. The molecule has 21 heavy (non-hydrogen) atoms. The van der Waals surface area contributed by atoms with Crippen molar-refractivity contribution in [3.8, 4) is 0 Å². The molecule has 1 aromatic carbocycles. The summed E-state index contributed by atoms with van der Waals surface area (Å²) in [6.07, 6.45) is -2.51. The van der Waals surface area contributed by atoms with Gasteiger partial charge in [-0.3, -0.25) is 4.90 Å². The molecule has 0 unspecified atom stereocenters. The van der Waals surface area contributed by atoms with Crippen molar-refractivity contribution in [2.45, 2.75) is 44.4 Å². The summed E-state index contributed by atoms with van der Waals surface area (Å²) in [4.78, 5) is 2.41. The van der Waals surface area contributed by atoms with Gasteiger partial charge in [-0.2, -0.15) is 13.2 Å². The number of likely N-dealkylation sites (tertiary alicyclic amines) is 1. The number of nitrogens with one attached hydrogen (secondary N) is 1. The molecular weight excluding hydrogens is 277 g/mol. The van der Waals surface area contributed by atoms with Crippen LogP contribution in [0, 0.1) is 0 Å². The normalized spacial score (nSPS) is 18.0. The molecule has 1 aromatic rings. The van der Waals surface area contributed by atoms with Gasteiger partial charge < -0.3 is 5.32 Å². The van der Waals surface area contributed by atoms with Gasteiger partial charge in [-0.1, -0.05) is 30.3 Å². The predicted octanol–water partition coefficient (Wildman–Crippen LogP) is 3.58. The molecule has 0 aliphatic carbocycles. The maximum Gasteiger partial charge on any atom is 0.389 e. The second-order valence-corrected chi connectivity index (χ2v) is 5.71. The Morgan fingerprint density at radius 2 is 1.76 bits per heavy atom. The Hall–Kier alpha value is -1.07. The largest absolute Gasteiger partial charge is 0.389 e. The molecule has 0 atom stereocenters. The van der Waals surface area contributed by atoms with Gasteiger partial charge in [-0.05, 0) is 44.5 Å². The molecular formula is C16H23F3N2. The Morgan fingerprint density at radius 3 is 2.38 bits per heavy atom. The van der Waals surface area contributed by atoms with E-state index in [-0.39, 0.29) is 6.42 Å². The first-order chi connectivity index (χ1) is 10.0. The van der Waals surface area contributed by atoms with Crippen LogP contribution in [-0.4, -0.2) is 36.8 Å². The highest BCUT2D eigenvalue weighted by Crippen LogP contribution is 2.21. The summed E-state index contributed by atoms with van der Waals surface area (Å²) in [5, 5.41) is 3.25. The van der Waals surface area contributed by atoms with E-state index in [2.05, 4.69) is 22.3 Å². The van der Waals surface area contributed by atoms with Crippen molar-refractivity contribution in [3.63, 3.8) is 0 Å². The molecule has 1 heterocycles. The predicted molar refractivity (Wildman–Crippen MR) is 78.0 cm³/mol. The topological polar surface area (TPSA) is 15.3 Å². The van der Waals surface area contributed by atoms with Crippen LogP contribution in [0.3, 0.4) is 0 Å². The fourth-order valence-corrected chi connectivity index (χ4v) is 2.73. The van der Waals surface area contributed by atoms with E-state index in [1.165, 1.54) is 5.56 Å². The molecule has 1 aliphatic rings. The van der Waals surface area contributed by atoms with Crippen molar-refractivity contribution >= 4 is 0 Å². The first kappa shape index (κ1) is 16.3. The maximum atomic E-state index is 12.0. The Labute approximate surface area is 124 Å². The highest BCUT2D eigenvalue weighted by Gasteiger charge is 2.26. The average Bonchev–Trinajstić information content (AvgIpc) is 2.45. The first-order valence-corrected chi connectivity index (χ1v) is 7.59. The zero-order valence-electron chi connectivity index (χ0n) is 12.2. The van der Waals surface area contributed by atoms with Gasteiger partial charge in [0.15, 0.2) is 0 Å². The molecule has 0 amide bonds. The van der Waals surface area contributed by atoms with Gasteiger partial charge in [0.2, 0.25) is 0 Å². The quantitative estimate of drug-likeness (QED) is 0.808. The summed E-state index contributed by atoms with van der Waals surface area (Å²) < 4.78 is 36.1. The van der Waals surface area contributed by atoms with Crippen LogP contribution in [0.2, 0.25) is 0 Å². The molecule has 0 aromatic heterocycles. The van der Waals surface area contributed by atoms with Crippen molar-refractivity contribution < 1.29 is 13.2 Å². The van der Waals surface area contributed by atoms with Gasteiger partial charge in [0.25, 0.3) is 0 Å². The number of piperidine rings is 1. The summed E-state index contributed by atoms with van der Waals surface area (Å²) in [6.45, 7) is 3.43. The highest BCUT2D eigenvalue weighted by atomic mass is 19.4. The lowest BCUT2D eigenvalue weighted by molar-refractivity contribution is -0.135. The van der Waals surface area contributed by atoms with E-state index < -0.39 is 12.6 Å². The molecule has 1 aliphatic heterocycles. The van der Waals surface area contributed by atoms with E-state index in [0.717, 1.165) is 32.5 Å². The van der Waals surface area contributed by atoms with Crippen LogP contribution in [0.1, 0.15) is 31.2 Å². The van der Waals surface area contributed by atoms with Crippen molar-refractivity contribution in [3.05, 3.63) is 35.9 Å². The molecule has 1 saturated heterocycles. The van der Waals surface area contributed by atoms with Gasteiger partial charge in [0.1, 0.15) is 0 Å². The van der Waals surface area contributed by atoms with E-state index in [4.69, 9.17) is 0 Å². The second kappa shape index (κ2) is 7.80. The summed E-state index contributed by atoms with van der Waals surface area (Å²) in [7, 11) is 0. The number of benzene rings is 1.